The van der Waals surface area contributed by atoms with Crippen LogP contribution in [0.3, 0.4) is 0 Å². The maximum absolute atomic E-state index is 12.2. The smallest absolute Gasteiger partial charge is 0.224 e. The number of nitrogens with one attached hydrogen (secondary N) is 1. The summed E-state index contributed by atoms with van der Waals surface area (Å²) < 4.78 is 7.32. The highest BCUT2D eigenvalue weighted by molar-refractivity contribution is 5.78. The van der Waals surface area contributed by atoms with Gasteiger partial charge in [-0.05, 0) is 49.4 Å². The molecule has 1 aromatic carbocycles. The van der Waals surface area contributed by atoms with E-state index in [9.17, 15) is 4.79 Å². The van der Waals surface area contributed by atoms with E-state index in [1.165, 1.54) is 37.1 Å². The summed E-state index contributed by atoms with van der Waals surface area (Å²) in [5.41, 5.74) is 3.58. The Labute approximate surface area is 148 Å². The summed E-state index contributed by atoms with van der Waals surface area (Å²) in [6, 6.07) is 9.94. The predicted molar refractivity (Wildman–Crippen MR) is 95.9 cm³/mol. The van der Waals surface area contributed by atoms with Gasteiger partial charge in [0, 0.05) is 24.1 Å². The lowest BCUT2D eigenvalue weighted by atomic mass is 10.1. The first kappa shape index (κ1) is 16.2. The minimum Gasteiger partial charge on any atom is -0.497 e. The molecule has 0 unspecified atom stereocenters. The standard InChI is InChI=1S/C20H25N3O2/c1-25-17-4-2-3-14(11-17)12-20(24)21-9-10-23-19(16-7-8-16)13-18(22-23)15-5-6-15/h2-4,11,13,15-16H,5-10,12H2,1H3,(H,21,24). The third-order valence-corrected chi connectivity index (χ3v) is 4.97. The number of amides is 1. The first-order valence-corrected chi connectivity index (χ1v) is 9.20. The molecule has 2 aliphatic carbocycles. The minimum absolute atomic E-state index is 0.0378. The molecule has 5 heteroatoms. The van der Waals surface area contributed by atoms with Gasteiger partial charge in [0.1, 0.15) is 5.75 Å². The third kappa shape index (κ3) is 4.03. The van der Waals surface area contributed by atoms with Crippen LogP contribution in [0.15, 0.2) is 30.3 Å². The Morgan fingerprint density at radius 3 is 2.76 bits per heavy atom. The lowest BCUT2D eigenvalue weighted by Gasteiger charge is -2.09. The molecule has 1 heterocycles. The van der Waals surface area contributed by atoms with Crippen molar-refractivity contribution in [2.45, 2.75) is 50.5 Å². The molecule has 1 aromatic heterocycles. The van der Waals surface area contributed by atoms with Crippen LogP contribution in [0.2, 0.25) is 0 Å². The van der Waals surface area contributed by atoms with Crippen LogP contribution in [0.5, 0.6) is 5.75 Å². The average molecular weight is 339 g/mol. The Morgan fingerprint density at radius 2 is 2.04 bits per heavy atom. The van der Waals surface area contributed by atoms with Gasteiger partial charge >= 0.3 is 0 Å². The Hall–Kier alpha value is -2.30. The molecule has 2 fully saturated rings. The molecule has 0 spiro atoms. The number of carbonyl (C=O) groups is 1. The largest absolute Gasteiger partial charge is 0.497 e. The van der Waals surface area contributed by atoms with E-state index in [-0.39, 0.29) is 5.91 Å². The van der Waals surface area contributed by atoms with Gasteiger partial charge in [-0.1, -0.05) is 12.1 Å². The fourth-order valence-corrected chi connectivity index (χ4v) is 3.25. The van der Waals surface area contributed by atoms with E-state index >= 15 is 0 Å². The summed E-state index contributed by atoms with van der Waals surface area (Å²) in [7, 11) is 1.64. The molecule has 2 aromatic rings. The van der Waals surface area contributed by atoms with Crippen molar-refractivity contribution in [3.05, 3.63) is 47.3 Å². The van der Waals surface area contributed by atoms with Gasteiger partial charge in [-0.15, -0.1) is 0 Å². The molecule has 25 heavy (non-hydrogen) atoms. The molecule has 2 aliphatic rings. The second-order valence-corrected chi connectivity index (χ2v) is 7.14. The number of hydrogen-bond acceptors (Lipinski definition) is 3. The molecule has 5 nitrogen and oxygen atoms in total. The molecule has 4 rings (SSSR count). The van der Waals surface area contributed by atoms with Crippen molar-refractivity contribution in [2.24, 2.45) is 0 Å². The highest BCUT2D eigenvalue weighted by Gasteiger charge is 2.32. The van der Waals surface area contributed by atoms with E-state index in [4.69, 9.17) is 9.84 Å². The second kappa shape index (κ2) is 6.90. The van der Waals surface area contributed by atoms with E-state index in [0.717, 1.165) is 17.9 Å². The normalized spacial score (nSPS) is 16.7. The molecule has 1 amide bonds. The van der Waals surface area contributed by atoms with Crippen molar-refractivity contribution in [1.29, 1.82) is 0 Å². The maximum Gasteiger partial charge on any atom is 0.224 e. The number of rotatable bonds is 8. The zero-order valence-corrected chi connectivity index (χ0v) is 14.7. The molecule has 0 bridgehead atoms. The quantitative estimate of drug-likeness (QED) is 0.804. The van der Waals surface area contributed by atoms with Crippen molar-refractivity contribution >= 4 is 5.91 Å². The molecule has 0 aliphatic heterocycles. The fraction of sp³-hybridized carbons (Fsp3) is 0.500. The molecular weight excluding hydrogens is 314 g/mol. The molecule has 2 saturated carbocycles. The Bertz CT molecular complexity index is 760. The van der Waals surface area contributed by atoms with Crippen LogP contribution in [-0.2, 0) is 17.8 Å². The van der Waals surface area contributed by atoms with Gasteiger partial charge in [0.05, 0.1) is 25.8 Å². The van der Waals surface area contributed by atoms with E-state index in [1.807, 2.05) is 24.3 Å². The fourth-order valence-electron chi connectivity index (χ4n) is 3.25. The first-order valence-electron chi connectivity index (χ1n) is 9.20. The number of nitrogens with zero attached hydrogens (tertiary/aromatic N) is 2. The van der Waals surface area contributed by atoms with Crippen molar-refractivity contribution in [3.8, 4) is 5.75 Å². The monoisotopic (exact) mass is 339 g/mol. The topological polar surface area (TPSA) is 56.1 Å². The van der Waals surface area contributed by atoms with Crippen LogP contribution in [0.1, 0.15) is 54.5 Å². The number of ether oxygens (including phenoxy) is 1. The summed E-state index contributed by atoms with van der Waals surface area (Å²) in [6.45, 7) is 1.37. The van der Waals surface area contributed by atoms with Gasteiger partial charge in [0.2, 0.25) is 5.91 Å². The van der Waals surface area contributed by atoms with Crippen molar-refractivity contribution in [2.75, 3.05) is 13.7 Å². The Kier molecular flexibility index (Phi) is 4.47. The van der Waals surface area contributed by atoms with Gasteiger partial charge in [0.15, 0.2) is 0 Å². The number of benzene rings is 1. The molecule has 0 atom stereocenters. The number of carbonyl (C=O) groups excluding carboxylic acids is 1. The molecule has 0 radical (unpaired) electrons. The van der Waals surface area contributed by atoms with Gasteiger partial charge in [-0.3, -0.25) is 9.48 Å². The number of methoxy groups -OCH3 is 1. The van der Waals surface area contributed by atoms with Crippen LogP contribution in [0.4, 0.5) is 0 Å². The lowest BCUT2D eigenvalue weighted by Crippen LogP contribution is -2.29. The molecule has 1 N–H and O–H groups in total. The number of aromatic nitrogens is 2. The van der Waals surface area contributed by atoms with Gasteiger partial charge in [0.25, 0.3) is 0 Å². The lowest BCUT2D eigenvalue weighted by molar-refractivity contribution is -0.120. The van der Waals surface area contributed by atoms with Crippen molar-refractivity contribution in [1.82, 2.24) is 15.1 Å². The van der Waals surface area contributed by atoms with E-state index in [0.29, 0.717) is 24.8 Å². The minimum atomic E-state index is 0.0378. The molecule has 132 valence electrons. The maximum atomic E-state index is 12.2. The Morgan fingerprint density at radius 1 is 1.24 bits per heavy atom. The number of hydrogen-bond donors (Lipinski definition) is 1. The Balaban J connectivity index is 1.30. The zero-order chi connectivity index (χ0) is 17.2. The predicted octanol–water partition coefficient (Wildman–Crippen LogP) is 3.01. The van der Waals surface area contributed by atoms with Gasteiger partial charge < -0.3 is 10.1 Å². The van der Waals surface area contributed by atoms with Gasteiger partial charge in [-0.2, -0.15) is 5.10 Å². The summed E-state index contributed by atoms with van der Waals surface area (Å²) >= 11 is 0. The van der Waals surface area contributed by atoms with E-state index < -0.39 is 0 Å². The molecule has 0 saturated heterocycles. The summed E-state index contributed by atoms with van der Waals surface area (Å²) in [4.78, 5) is 12.2. The van der Waals surface area contributed by atoms with Crippen LogP contribution >= 0.6 is 0 Å². The van der Waals surface area contributed by atoms with E-state index in [1.54, 1.807) is 7.11 Å². The molecular formula is C20H25N3O2. The third-order valence-electron chi connectivity index (χ3n) is 4.97. The van der Waals surface area contributed by atoms with Crippen molar-refractivity contribution in [3.63, 3.8) is 0 Å². The summed E-state index contributed by atoms with van der Waals surface area (Å²) in [5, 5.41) is 7.80. The van der Waals surface area contributed by atoms with Crippen LogP contribution in [0, 0.1) is 0 Å². The van der Waals surface area contributed by atoms with Crippen molar-refractivity contribution < 1.29 is 9.53 Å². The van der Waals surface area contributed by atoms with Crippen LogP contribution in [0.25, 0.3) is 0 Å². The highest BCUT2D eigenvalue weighted by atomic mass is 16.5. The van der Waals surface area contributed by atoms with Crippen LogP contribution < -0.4 is 10.1 Å². The SMILES string of the molecule is COc1cccc(CC(=O)NCCn2nc(C3CC3)cc2C2CC2)c1. The zero-order valence-electron chi connectivity index (χ0n) is 14.7. The average Bonchev–Trinajstić information content (AvgIpc) is 3.54. The highest BCUT2D eigenvalue weighted by Crippen LogP contribution is 2.44. The van der Waals surface area contributed by atoms with E-state index in [2.05, 4.69) is 16.1 Å². The summed E-state index contributed by atoms with van der Waals surface area (Å²) in [6.07, 6.45) is 5.48. The van der Waals surface area contributed by atoms with Gasteiger partial charge in [-0.25, -0.2) is 0 Å². The first-order chi connectivity index (χ1) is 12.2. The van der Waals surface area contributed by atoms with Crippen LogP contribution in [-0.4, -0.2) is 29.3 Å². The second-order valence-electron chi connectivity index (χ2n) is 7.14. The summed E-state index contributed by atoms with van der Waals surface area (Å²) in [5.74, 6) is 2.19.